The zero-order chi connectivity index (χ0) is 12.3. The summed E-state index contributed by atoms with van der Waals surface area (Å²) in [6, 6.07) is 8.69. The van der Waals surface area contributed by atoms with Gasteiger partial charge in [-0.15, -0.1) is 11.3 Å². The lowest BCUT2D eigenvalue weighted by Gasteiger charge is -2.14. The molecule has 0 spiro atoms. The van der Waals surface area contributed by atoms with Gasteiger partial charge in [-0.2, -0.15) is 0 Å². The highest BCUT2D eigenvalue weighted by molar-refractivity contribution is 9.10. The first-order valence-corrected chi connectivity index (χ1v) is 6.81. The lowest BCUT2D eigenvalue weighted by Crippen LogP contribution is -2.29. The van der Waals surface area contributed by atoms with E-state index in [4.69, 9.17) is 5.84 Å². The van der Waals surface area contributed by atoms with Crippen molar-refractivity contribution in [2.75, 3.05) is 0 Å². The molecule has 0 fully saturated rings. The second-order valence-electron chi connectivity index (χ2n) is 3.68. The number of benzene rings is 1. The average Bonchev–Trinajstić information content (AvgIpc) is 2.75. The molecule has 0 aliphatic carbocycles. The van der Waals surface area contributed by atoms with Crippen LogP contribution < -0.4 is 11.3 Å². The number of thiophene rings is 1. The van der Waals surface area contributed by atoms with Gasteiger partial charge in [0.05, 0.1) is 6.04 Å². The van der Waals surface area contributed by atoms with Gasteiger partial charge in [0.15, 0.2) is 0 Å². The number of halogens is 2. The van der Waals surface area contributed by atoms with E-state index in [1.807, 2.05) is 17.5 Å². The second-order valence-corrected chi connectivity index (χ2v) is 5.54. The van der Waals surface area contributed by atoms with Crippen molar-refractivity contribution in [1.82, 2.24) is 5.43 Å². The quantitative estimate of drug-likeness (QED) is 0.670. The van der Waals surface area contributed by atoms with Gasteiger partial charge in [0, 0.05) is 14.7 Å². The molecule has 2 aromatic rings. The Bertz CT molecular complexity index is 501. The van der Waals surface area contributed by atoms with Gasteiger partial charge < -0.3 is 0 Å². The van der Waals surface area contributed by atoms with Crippen molar-refractivity contribution in [3.8, 4) is 0 Å². The van der Waals surface area contributed by atoms with Crippen LogP contribution in [0.4, 0.5) is 4.39 Å². The van der Waals surface area contributed by atoms with E-state index in [2.05, 4.69) is 21.4 Å². The number of hydrogen-bond acceptors (Lipinski definition) is 3. The molecule has 0 amide bonds. The fourth-order valence-corrected chi connectivity index (χ4v) is 3.14. The molecule has 5 heteroatoms. The topological polar surface area (TPSA) is 38.0 Å². The van der Waals surface area contributed by atoms with E-state index < -0.39 is 0 Å². The predicted molar refractivity (Wildman–Crippen MR) is 72.2 cm³/mol. The SMILES string of the molecule is NNC(Cc1ccccc1F)c1cc(Br)cs1. The zero-order valence-corrected chi connectivity index (χ0v) is 11.4. The van der Waals surface area contributed by atoms with E-state index in [1.165, 1.54) is 6.07 Å². The number of hydrogen-bond donors (Lipinski definition) is 2. The van der Waals surface area contributed by atoms with Crippen LogP contribution in [0.3, 0.4) is 0 Å². The van der Waals surface area contributed by atoms with Crippen molar-refractivity contribution in [2.24, 2.45) is 5.84 Å². The van der Waals surface area contributed by atoms with Crippen LogP contribution >= 0.6 is 27.3 Å². The summed E-state index contributed by atoms with van der Waals surface area (Å²) in [5, 5.41) is 1.99. The van der Waals surface area contributed by atoms with Crippen molar-refractivity contribution in [3.05, 3.63) is 56.4 Å². The highest BCUT2D eigenvalue weighted by atomic mass is 79.9. The first-order valence-electron chi connectivity index (χ1n) is 5.14. The Kier molecular flexibility index (Phi) is 4.28. The fraction of sp³-hybridized carbons (Fsp3) is 0.167. The van der Waals surface area contributed by atoms with Gasteiger partial charge in [0.2, 0.25) is 0 Å². The zero-order valence-electron chi connectivity index (χ0n) is 8.99. The van der Waals surface area contributed by atoms with Crippen molar-refractivity contribution in [1.29, 1.82) is 0 Å². The molecule has 90 valence electrons. The van der Waals surface area contributed by atoms with Gasteiger partial charge in [0.1, 0.15) is 5.82 Å². The number of hydrazine groups is 1. The van der Waals surface area contributed by atoms with Crippen molar-refractivity contribution < 1.29 is 4.39 Å². The van der Waals surface area contributed by atoms with Crippen LogP contribution in [-0.4, -0.2) is 0 Å². The van der Waals surface area contributed by atoms with Gasteiger partial charge in [-0.1, -0.05) is 18.2 Å². The number of nitrogens with two attached hydrogens (primary N) is 1. The third kappa shape index (κ3) is 3.13. The van der Waals surface area contributed by atoms with Crippen LogP contribution in [0.25, 0.3) is 0 Å². The molecular weight excluding hydrogens is 303 g/mol. The maximum Gasteiger partial charge on any atom is 0.126 e. The van der Waals surface area contributed by atoms with Crippen molar-refractivity contribution in [2.45, 2.75) is 12.5 Å². The Morgan fingerprint density at radius 3 is 2.76 bits per heavy atom. The van der Waals surface area contributed by atoms with Crippen LogP contribution in [-0.2, 0) is 6.42 Å². The Balaban J connectivity index is 2.18. The molecule has 1 atom stereocenters. The molecule has 2 nitrogen and oxygen atoms in total. The van der Waals surface area contributed by atoms with E-state index in [-0.39, 0.29) is 11.9 Å². The molecule has 0 saturated heterocycles. The monoisotopic (exact) mass is 314 g/mol. The molecule has 0 saturated carbocycles. The number of rotatable bonds is 4. The minimum absolute atomic E-state index is 0.0665. The summed E-state index contributed by atoms with van der Waals surface area (Å²) in [7, 11) is 0. The summed E-state index contributed by atoms with van der Waals surface area (Å²) < 4.78 is 14.6. The Labute approximate surface area is 112 Å². The minimum atomic E-state index is -0.191. The van der Waals surface area contributed by atoms with Gasteiger partial charge in [-0.3, -0.25) is 11.3 Å². The Morgan fingerprint density at radius 2 is 2.18 bits per heavy atom. The normalized spacial score (nSPS) is 12.6. The molecule has 17 heavy (non-hydrogen) atoms. The summed E-state index contributed by atoms with van der Waals surface area (Å²) in [4.78, 5) is 1.09. The molecule has 2 rings (SSSR count). The maximum absolute atomic E-state index is 13.5. The maximum atomic E-state index is 13.5. The smallest absolute Gasteiger partial charge is 0.126 e. The molecule has 1 aromatic heterocycles. The van der Waals surface area contributed by atoms with Crippen LogP contribution in [0.2, 0.25) is 0 Å². The minimum Gasteiger partial charge on any atom is -0.271 e. The third-order valence-corrected chi connectivity index (χ3v) is 4.32. The lowest BCUT2D eigenvalue weighted by molar-refractivity contribution is 0.535. The molecule has 1 heterocycles. The Hall–Kier alpha value is -0.750. The van der Waals surface area contributed by atoms with Gasteiger partial charge in [0.25, 0.3) is 0 Å². The van der Waals surface area contributed by atoms with Crippen LogP contribution in [0.15, 0.2) is 40.2 Å². The van der Waals surface area contributed by atoms with Crippen LogP contribution in [0, 0.1) is 5.82 Å². The van der Waals surface area contributed by atoms with Crippen LogP contribution in [0.5, 0.6) is 0 Å². The molecule has 0 aliphatic heterocycles. The molecular formula is C12H12BrFN2S. The van der Waals surface area contributed by atoms with Gasteiger partial charge in [-0.25, -0.2) is 4.39 Å². The summed E-state index contributed by atoms with van der Waals surface area (Å²) in [5.74, 6) is 5.34. The predicted octanol–water partition coefficient (Wildman–Crippen LogP) is 3.40. The molecule has 0 radical (unpaired) electrons. The van der Waals surface area contributed by atoms with Crippen LogP contribution in [0.1, 0.15) is 16.5 Å². The van der Waals surface area contributed by atoms with E-state index in [0.717, 1.165) is 9.35 Å². The molecule has 1 aromatic carbocycles. The summed E-state index contributed by atoms with van der Waals surface area (Å²) >= 11 is 4.99. The van der Waals surface area contributed by atoms with Gasteiger partial charge >= 0.3 is 0 Å². The molecule has 0 bridgehead atoms. The fourth-order valence-electron chi connectivity index (χ4n) is 1.64. The highest BCUT2D eigenvalue weighted by Crippen LogP contribution is 2.27. The van der Waals surface area contributed by atoms with Crippen molar-refractivity contribution in [3.63, 3.8) is 0 Å². The average molecular weight is 315 g/mol. The first-order chi connectivity index (χ1) is 8.20. The Morgan fingerprint density at radius 1 is 1.41 bits per heavy atom. The molecule has 3 N–H and O–H groups in total. The summed E-state index contributed by atoms with van der Waals surface area (Å²) in [6.07, 6.45) is 0.538. The van der Waals surface area contributed by atoms with E-state index in [1.54, 1.807) is 23.5 Å². The lowest BCUT2D eigenvalue weighted by atomic mass is 10.0. The standard InChI is InChI=1S/C12H12BrFN2S/c13-9-6-12(17-7-9)11(16-15)5-8-3-1-2-4-10(8)14/h1-4,6-7,11,16H,5,15H2. The van der Waals surface area contributed by atoms with Crippen molar-refractivity contribution >= 4 is 27.3 Å². The largest absolute Gasteiger partial charge is 0.271 e. The van der Waals surface area contributed by atoms with E-state index in [0.29, 0.717) is 12.0 Å². The second kappa shape index (κ2) is 5.73. The van der Waals surface area contributed by atoms with Gasteiger partial charge in [-0.05, 0) is 40.0 Å². The summed E-state index contributed by atoms with van der Waals surface area (Å²) in [5.41, 5.74) is 3.40. The molecule has 0 aliphatic rings. The van der Waals surface area contributed by atoms with E-state index >= 15 is 0 Å². The van der Waals surface area contributed by atoms with E-state index in [9.17, 15) is 4.39 Å². The molecule has 1 unspecified atom stereocenters. The number of nitrogens with one attached hydrogen (secondary N) is 1. The third-order valence-electron chi connectivity index (χ3n) is 2.51. The first kappa shape index (κ1) is 12.7. The summed E-state index contributed by atoms with van der Waals surface area (Å²) in [6.45, 7) is 0. The highest BCUT2D eigenvalue weighted by Gasteiger charge is 2.14.